The van der Waals surface area contributed by atoms with Gasteiger partial charge in [0.05, 0.1) is 26.0 Å². The van der Waals surface area contributed by atoms with E-state index in [4.69, 9.17) is 14.2 Å². The van der Waals surface area contributed by atoms with E-state index in [-0.39, 0.29) is 5.75 Å². The zero-order valence-corrected chi connectivity index (χ0v) is 20.1. The van der Waals surface area contributed by atoms with Gasteiger partial charge in [-0.3, -0.25) is 9.59 Å². The molecule has 0 spiro atoms. The Labute approximate surface area is 212 Å². The number of amides is 2. The van der Waals surface area contributed by atoms with Gasteiger partial charge in [0, 0.05) is 11.3 Å². The minimum atomic E-state index is -0.968. The summed E-state index contributed by atoms with van der Waals surface area (Å²) in [5.74, 6) is -0.973. The quantitative estimate of drug-likeness (QED) is 0.130. The number of anilines is 1. The first kappa shape index (κ1) is 24.9. The number of methoxy groups -OCH3 is 2. The van der Waals surface area contributed by atoms with Crippen LogP contribution >= 0.6 is 0 Å². The summed E-state index contributed by atoms with van der Waals surface area (Å²) in [6.07, 6.45) is 1.33. The Morgan fingerprint density at radius 1 is 0.757 bits per heavy atom. The maximum absolute atomic E-state index is 12.7. The number of nitrogens with one attached hydrogen (secondary N) is 2. The lowest BCUT2D eigenvalue weighted by atomic mass is 10.0. The Bertz CT molecular complexity index is 1460. The Hall–Kier alpha value is -5.18. The predicted molar refractivity (Wildman–Crippen MR) is 139 cm³/mol. The highest BCUT2D eigenvalue weighted by Crippen LogP contribution is 2.27. The van der Waals surface area contributed by atoms with Crippen LogP contribution < -0.4 is 25.0 Å². The molecule has 4 rings (SSSR count). The van der Waals surface area contributed by atoms with Gasteiger partial charge >= 0.3 is 17.8 Å². The van der Waals surface area contributed by atoms with Gasteiger partial charge in [-0.1, -0.05) is 30.3 Å². The average Bonchev–Trinajstić information content (AvgIpc) is 2.94. The number of hydrogen-bond acceptors (Lipinski definition) is 7. The number of benzene rings is 4. The van der Waals surface area contributed by atoms with Crippen LogP contribution in [0.1, 0.15) is 15.9 Å². The molecule has 9 nitrogen and oxygen atoms in total. The molecule has 4 aromatic carbocycles. The first-order chi connectivity index (χ1) is 18.0. The van der Waals surface area contributed by atoms with Crippen molar-refractivity contribution in [2.45, 2.75) is 0 Å². The highest BCUT2D eigenvalue weighted by Gasteiger charge is 2.15. The molecule has 0 aliphatic heterocycles. The SMILES string of the molecule is COc1ccc(NC(=O)C(=O)N/N=C\c2c(OC(=O)c3ccc(OC)cc3)ccc3ccccc23)cc1. The minimum Gasteiger partial charge on any atom is -0.497 e. The summed E-state index contributed by atoms with van der Waals surface area (Å²) in [5.41, 5.74) is 3.41. The van der Waals surface area contributed by atoms with Gasteiger partial charge in [0.15, 0.2) is 0 Å². The second-order valence-electron chi connectivity index (χ2n) is 7.70. The van der Waals surface area contributed by atoms with Gasteiger partial charge in [-0.2, -0.15) is 5.10 Å². The van der Waals surface area contributed by atoms with Crippen molar-refractivity contribution in [3.8, 4) is 17.2 Å². The van der Waals surface area contributed by atoms with Crippen molar-refractivity contribution in [2.24, 2.45) is 5.10 Å². The molecular weight excluding hydrogens is 474 g/mol. The summed E-state index contributed by atoms with van der Waals surface area (Å²) < 4.78 is 15.8. The van der Waals surface area contributed by atoms with Crippen molar-refractivity contribution in [2.75, 3.05) is 19.5 Å². The highest BCUT2D eigenvalue weighted by atomic mass is 16.5. The number of hydrogen-bond donors (Lipinski definition) is 2. The zero-order chi connectivity index (χ0) is 26.2. The van der Waals surface area contributed by atoms with Gasteiger partial charge in [0.1, 0.15) is 17.2 Å². The number of rotatable bonds is 7. The largest absolute Gasteiger partial charge is 0.497 e. The second kappa shape index (κ2) is 11.5. The molecule has 2 amide bonds. The van der Waals surface area contributed by atoms with Crippen LogP contribution in [0, 0.1) is 0 Å². The Morgan fingerprint density at radius 3 is 2.08 bits per heavy atom. The van der Waals surface area contributed by atoms with Gasteiger partial charge in [-0.15, -0.1) is 0 Å². The number of carbonyl (C=O) groups excluding carboxylic acids is 3. The van der Waals surface area contributed by atoms with E-state index in [0.29, 0.717) is 28.3 Å². The van der Waals surface area contributed by atoms with Gasteiger partial charge in [0.2, 0.25) is 0 Å². The molecule has 0 bridgehead atoms. The van der Waals surface area contributed by atoms with Crippen molar-refractivity contribution in [3.05, 3.63) is 96.1 Å². The van der Waals surface area contributed by atoms with E-state index in [0.717, 1.165) is 10.8 Å². The zero-order valence-electron chi connectivity index (χ0n) is 20.1. The number of nitrogens with zero attached hydrogens (tertiary/aromatic N) is 1. The molecule has 0 heterocycles. The number of ether oxygens (including phenoxy) is 3. The molecule has 186 valence electrons. The molecule has 2 N–H and O–H groups in total. The van der Waals surface area contributed by atoms with Crippen LogP contribution in [0.2, 0.25) is 0 Å². The van der Waals surface area contributed by atoms with E-state index >= 15 is 0 Å². The molecule has 4 aromatic rings. The van der Waals surface area contributed by atoms with Gasteiger partial charge < -0.3 is 19.5 Å². The lowest BCUT2D eigenvalue weighted by molar-refractivity contribution is -0.136. The molecule has 0 fully saturated rings. The van der Waals surface area contributed by atoms with Crippen LogP contribution in [0.5, 0.6) is 17.2 Å². The molecule has 0 aliphatic carbocycles. The second-order valence-corrected chi connectivity index (χ2v) is 7.70. The van der Waals surface area contributed by atoms with Crippen LogP contribution in [0.25, 0.3) is 10.8 Å². The molecule has 0 radical (unpaired) electrons. The summed E-state index contributed by atoms with van der Waals surface area (Å²) in [6, 6.07) is 23.9. The molecule has 37 heavy (non-hydrogen) atoms. The van der Waals surface area contributed by atoms with Crippen LogP contribution in [0.4, 0.5) is 5.69 Å². The molecule has 0 saturated heterocycles. The van der Waals surface area contributed by atoms with E-state index in [1.165, 1.54) is 20.4 Å². The normalized spacial score (nSPS) is 10.6. The first-order valence-corrected chi connectivity index (χ1v) is 11.1. The van der Waals surface area contributed by atoms with E-state index < -0.39 is 17.8 Å². The van der Waals surface area contributed by atoms with Gasteiger partial charge in [-0.05, 0) is 65.4 Å². The molecule has 0 unspecified atom stereocenters. The van der Waals surface area contributed by atoms with E-state index in [1.54, 1.807) is 54.6 Å². The summed E-state index contributed by atoms with van der Waals surface area (Å²) >= 11 is 0. The fraction of sp³-hybridized carbons (Fsp3) is 0.0714. The van der Waals surface area contributed by atoms with Crippen LogP contribution in [-0.2, 0) is 9.59 Å². The van der Waals surface area contributed by atoms with Gasteiger partial charge in [-0.25, -0.2) is 10.2 Å². The monoisotopic (exact) mass is 497 g/mol. The van der Waals surface area contributed by atoms with Gasteiger partial charge in [0.25, 0.3) is 0 Å². The molecule has 0 atom stereocenters. The summed E-state index contributed by atoms with van der Waals surface area (Å²) in [5, 5.41) is 8.02. The molecule has 0 aliphatic rings. The van der Waals surface area contributed by atoms with Crippen LogP contribution in [0.3, 0.4) is 0 Å². The fourth-order valence-corrected chi connectivity index (χ4v) is 3.45. The lowest BCUT2D eigenvalue weighted by Crippen LogP contribution is -2.32. The standard InChI is InChI=1S/C28H23N3O6/c1-35-21-12-7-19(8-13-21)28(34)37-25-16-9-18-5-3-4-6-23(18)24(25)17-29-31-27(33)26(32)30-20-10-14-22(36-2)15-11-20/h3-17H,1-2H3,(H,30,32)(H,31,33)/b29-17-. The summed E-state index contributed by atoms with van der Waals surface area (Å²) in [4.78, 5) is 37.2. The molecular formula is C28H23N3O6. The maximum atomic E-state index is 12.7. The summed E-state index contributed by atoms with van der Waals surface area (Å²) in [6.45, 7) is 0. The van der Waals surface area contributed by atoms with Crippen LogP contribution in [-0.4, -0.2) is 38.2 Å². The maximum Gasteiger partial charge on any atom is 0.343 e. The van der Waals surface area contributed by atoms with Crippen molar-refractivity contribution in [3.63, 3.8) is 0 Å². The van der Waals surface area contributed by atoms with Crippen molar-refractivity contribution in [1.82, 2.24) is 5.43 Å². The van der Waals surface area contributed by atoms with Crippen molar-refractivity contribution >= 4 is 40.5 Å². The Balaban J connectivity index is 1.51. The average molecular weight is 498 g/mol. The van der Waals surface area contributed by atoms with E-state index in [1.807, 2.05) is 30.3 Å². The third-order valence-corrected chi connectivity index (χ3v) is 5.37. The number of fused-ring (bicyclic) bond motifs is 1. The molecule has 0 aromatic heterocycles. The fourth-order valence-electron chi connectivity index (χ4n) is 3.45. The van der Waals surface area contributed by atoms with Crippen molar-refractivity contribution in [1.29, 1.82) is 0 Å². The van der Waals surface area contributed by atoms with E-state index in [2.05, 4.69) is 15.8 Å². The van der Waals surface area contributed by atoms with Crippen molar-refractivity contribution < 1.29 is 28.6 Å². The Kier molecular flexibility index (Phi) is 7.75. The third kappa shape index (κ3) is 6.09. The highest BCUT2D eigenvalue weighted by molar-refractivity contribution is 6.39. The molecule has 0 saturated carbocycles. The topological polar surface area (TPSA) is 115 Å². The smallest absolute Gasteiger partial charge is 0.343 e. The number of esters is 1. The predicted octanol–water partition coefficient (Wildman–Crippen LogP) is 4.17. The minimum absolute atomic E-state index is 0.236. The number of hydrazone groups is 1. The van der Waals surface area contributed by atoms with Crippen LogP contribution in [0.15, 0.2) is 90.0 Å². The lowest BCUT2D eigenvalue weighted by Gasteiger charge is -2.11. The number of carbonyl (C=O) groups is 3. The van der Waals surface area contributed by atoms with E-state index in [9.17, 15) is 14.4 Å². The molecule has 9 heteroatoms. The Morgan fingerprint density at radius 2 is 1.41 bits per heavy atom. The summed E-state index contributed by atoms with van der Waals surface area (Å²) in [7, 11) is 3.07. The third-order valence-electron chi connectivity index (χ3n) is 5.37. The first-order valence-electron chi connectivity index (χ1n) is 11.1.